The van der Waals surface area contributed by atoms with Crippen molar-refractivity contribution in [3.8, 4) is 17.0 Å². The van der Waals surface area contributed by atoms with Crippen molar-refractivity contribution >= 4 is 29.3 Å². The number of ether oxygens (including phenoxy) is 1. The van der Waals surface area contributed by atoms with Gasteiger partial charge in [0.25, 0.3) is 0 Å². The second-order valence-corrected chi connectivity index (χ2v) is 11.1. The van der Waals surface area contributed by atoms with E-state index in [-0.39, 0.29) is 22.8 Å². The predicted molar refractivity (Wildman–Crippen MR) is 150 cm³/mol. The SMILES string of the molecule is CCc1cccc(-c2cc(Cl)ccc2[C@@H](Oc2cc(N3CCC4(CC3)CNC(C(=O)O)C4)nc(N)n2)C(F)(F)F)c1. The van der Waals surface area contributed by atoms with Gasteiger partial charge >= 0.3 is 12.1 Å². The average molecular weight is 590 g/mol. The van der Waals surface area contributed by atoms with Crippen molar-refractivity contribution in [1.29, 1.82) is 0 Å². The van der Waals surface area contributed by atoms with Gasteiger partial charge < -0.3 is 25.8 Å². The number of piperidine rings is 1. The summed E-state index contributed by atoms with van der Waals surface area (Å²) in [5.74, 6) is -1.02. The van der Waals surface area contributed by atoms with E-state index in [2.05, 4.69) is 15.3 Å². The molecule has 0 aliphatic carbocycles. The average Bonchev–Trinajstić information content (AvgIpc) is 3.35. The van der Waals surface area contributed by atoms with Crippen LogP contribution in [0.1, 0.15) is 43.4 Å². The van der Waals surface area contributed by atoms with E-state index in [0.29, 0.717) is 60.9 Å². The van der Waals surface area contributed by atoms with E-state index in [9.17, 15) is 23.1 Å². The highest BCUT2D eigenvalue weighted by molar-refractivity contribution is 6.30. The number of aromatic nitrogens is 2. The number of aliphatic carboxylic acids is 1. The van der Waals surface area contributed by atoms with Gasteiger partial charge in [-0.05, 0) is 59.9 Å². The summed E-state index contributed by atoms with van der Waals surface area (Å²) in [6.07, 6.45) is -4.45. The van der Waals surface area contributed by atoms with Gasteiger partial charge in [-0.25, -0.2) is 0 Å². The van der Waals surface area contributed by atoms with Gasteiger partial charge in [0.05, 0.1) is 0 Å². The first-order chi connectivity index (χ1) is 19.5. The Bertz CT molecular complexity index is 1430. The minimum Gasteiger partial charge on any atom is -0.480 e. The fourth-order valence-corrected chi connectivity index (χ4v) is 5.90. The maximum atomic E-state index is 14.6. The van der Waals surface area contributed by atoms with Gasteiger partial charge in [0.2, 0.25) is 17.9 Å². The summed E-state index contributed by atoms with van der Waals surface area (Å²) in [5.41, 5.74) is 7.56. The number of nitrogens with zero attached hydrogens (tertiary/aromatic N) is 3. The zero-order valence-electron chi connectivity index (χ0n) is 22.4. The molecule has 2 saturated heterocycles. The van der Waals surface area contributed by atoms with E-state index < -0.39 is 24.3 Å². The molecule has 12 heteroatoms. The third-order valence-electron chi connectivity index (χ3n) is 7.99. The first kappa shape index (κ1) is 28.9. The van der Waals surface area contributed by atoms with Crippen molar-refractivity contribution in [3.63, 3.8) is 0 Å². The minimum atomic E-state index is -4.78. The van der Waals surface area contributed by atoms with Crippen LogP contribution in [0.4, 0.5) is 24.9 Å². The Hall–Kier alpha value is -3.57. The van der Waals surface area contributed by atoms with Crippen LogP contribution in [-0.2, 0) is 11.2 Å². The Morgan fingerprint density at radius 2 is 1.98 bits per heavy atom. The predicted octanol–water partition coefficient (Wildman–Crippen LogP) is 5.66. The monoisotopic (exact) mass is 589 g/mol. The molecule has 2 aliphatic heterocycles. The van der Waals surface area contributed by atoms with Gasteiger partial charge in [0.15, 0.2) is 0 Å². The van der Waals surface area contributed by atoms with Crippen molar-refractivity contribution in [2.24, 2.45) is 5.41 Å². The van der Waals surface area contributed by atoms with E-state index in [1.54, 1.807) is 12.1 Å². The van der Waals surface area contributed by atoms with Crippen molar-refractivity contribution in [2.75, 3.05) is 30.3 Å². The van der Waals surface area contributed by atoms with Crippen molar-refractivity contribution in [3.05, 3.63) is 64.7 Å². The molecule has 0 bridgehead atoms. The molecule has 2 fully saturated rings. The van der Waals surface area contributed by atoms with Gasteiger partial charge in [0, 0.05) is 36.3 Å². The summed E-state index contributed by atoms with van der Waals surface area (Å²) in [6, 6.07) is 12.3. The van der Waals surface area contributed by atoms with E-state index in [4.69, 9.17) is 22.1 Å². The molecule has 1 aromatic heterocycles. The fourth-order valence-electron chi connectivity index (χ4n) is 5.73. The summed E-state index contributed by atoms with van der Waals surface area (Å²) in [4.78, 5) is 21.5. The van der Waals surface area contributed by atoms with Crippen molar-refractivity contribution in [1.82, 2.24) is 15.3 Å². The first-order valence-electron chi connectivity index (χ1n) is 13.4. The normalized spacial score (nSPS) is 19.3. The lowest BCUT2D eigenvalue weighted by atomic mass is 9.76. The van der Waals surface area contributed by atoms with E-state index in [1.807, 2.05) is 24.0 Å². The van der Waals surface area contributed by atoms with Crippen molar-refractivity contribution in [2.45, 2.75) is 50.9 Å². The molecule has 218 valence electrons. The number of anilines is 2. The molecule has 1 spiro atoms. The molecule has 4 N–H and O–H groups in total. The van der Waals surface area contributed by atoms with Crippen molar-refractivity contribution < 1.29 is 27.8 Å². The second kappa shape index (κ2) is 11.4. The van der Waals surface area contributed by atoms with Gasteiger partial charge in [-0.3, -0.25) is 4.79 Å². The van der Waals surface area contributed by atoms with Crippen LogP contribution >= 0.6 is 11.6 Å². The number of benzene rings is 2. The van der Waals surface area contributed by atoms with E-state index in [1.165, 1.54) is 24.3 Å². The molecule has 8 nitrogen and oxygen atoms in total. The lowest BCUT2D eigenvalue weighted by molar-refractivity contribution is -0.198. The summed E-state index contributed by atoms with van der Waals surface area (Å²) >= 11 is 6.22. The summed E-state index contributed by atoms with van der Waals surface area (Å²) < 4.78 is 49.2. The molecule has 5 rings (SSSR count). The van der Waals surface area contributed by atoms with Crippen LogP contribution in [0.2, 0.25) is 5.02 Å². The topological polar surface area (TPSA) is 114 Å². The largest absolute Gasteiger partial charge is 0.480 e. The van der Waals surface area contributed by atoms with Gasteiger partial charge in [0.1, 0.15) is 11.9 Å². The number of hydrogen-bond donors (Lipinski definition) is 3. The van der Waals surface area contributed by atoms with Crippen LogP contribution < -0.4 is 20.7 Å². The van der Waals surface area contributed by atoms with E-state index >= 15 is 0 Å². The van der Waals surface area contributed by atoms with Crippen LogP contribution in [0.5, 0.6) is 5.88 Å². The van der Waals surface area contributed by atoms with Gasteiger partial charge in [-0.15, -0.1) is 0 Å². The molecule has 41 heavy (non-hydrogen) atoms. The fraction of sp³-hybridized carbons (Fsp3) is 0.414. The lowest BCUT2D eigenvalue weighted by Crippen LogP contribution is -2.41. The highest BCUT2D eigenvalue weighted by Crippen LogP contribution is 2.43. The van der Waals surface area contributed by atoms with Crippen LogP contribution in [0.15, 0.2) is 48.5 Å². The quantitative estimate of drug-likeness (QED) is 0.324. The number of alkyl halides is 3. The van der Waals surface area contributed by atoms with Crippen LogP contribution in [0, 0.1) is 5.41 Å². The highest BCUT2D eigenvalue weighted by Gasteiger charge is 2.46. The maximum absolute atomic E-state index is 14.6. The number of nitrogens with two attached hydrogens (primary N) is 1. The Balaban J connectivity index is 1.42. The van der Waals surface area contributed by atoms with E-state index in [0.717, 1.165) is 12.0 Å². The van der Waals surface area contributed by atoms with Crippen LogP contribution in [-0.4, -0.2) is 52.9 Å². The number of halogens is 4. The number of rotatable bonds is 7. The number of carboxylic acids is 1. The number of aryl methyl sites for hydroxylation is 1. The third kappa shape index (κ3) is 6.36. The van der Waals surface area contributed by atoms with Crippen LogP contribution in [0.25, 0.3) is 11.1 Å². The number of carbonyl (C=O) groups is 1. The number of hydrogen-bond acceptors (Lipinski definition) is 7. The molecule has 0 amide bonds. The molecule has 0 saturated carbocycles. The standard InChI is InChI=1S/C29H31ClF3N5O3/c1-2-17-4-3-5-18(12-17)21-13-19(30)6-7-20(21)25(29(31,32)33)41-24-14-23(36-27(34)37-24)38-10-8-28(9-11-38)15-22(26(39)40)35-16-28/h3-7,12-14,22,25,35H,2,8-11,15-16H2,1H3,(H,39,40)(H2,34,36,37)/t22?,25-/m1/s1. The minimum absolute atomic E-state index is 0.101. The molecule has 2 aliphatic rings. The molecule has 2 atom stereocenters. The Morgan fingerprint density at radius 1 is 1.22 bits per heavy atom. The number of carboxylic acid groups (broad SMARTS) is 1. The van der Waals surface area contributed by atoms with Crippen LogP contribution in [0.3, 0.4) is 0 Å². The first-order valence-corrected chi connectivity index (χ1v) is 13.8. The zero-order valence-corrected chi connectivity index (χ0v) is 23.2. The third-order valence-corrected chi connectivity index (χ3v) is 8.23. The van der Waals surface area contributed by atoms with Gasteiger partial charge in [-0.2, -0.15) is 23.1 Å². The Kier molecular flexibility index (Phi) is 8.02. The Labute approximate surface area is 240 Å². The van der Waals surface area contributed by atoms with Gasteiger partial charge in [-0.1, -0.05) is 48.9 Å². The molecule has 0 radical (unpaired) electrons. The lowest BCUT2D eigenvalue weighted by Gasteiger charge is -2.39. The molecule has 2 aromatic carbocycles. The molecular formula is C29H31ClF3N5O3. The Morgan fingerprint density at radius 3 is 2.63 bits per heavy atom. The molecule has 3 aromatic rings. The molecule has 1 unspecified atom stereocenters. The summed E-state index contributed by atoms with van der Waals surface area (Å²) in [5, 5.41) is 12.7. The zero-order chi connectivity index (χ0) is 29.4. The maximum Gasteiger partial charge on any atom is 0.429 e. The molecule has 3 heterocycles. The number of nitrogen functional groups attached to an aromatic ring is 1. The molecular weight excluding hydrogens is 559 g/mol. The highest BCUT2D eigenvalue weighted by atomic mass is 35.5. The number of nitrogens with one attached hydrogen (secondary N) is 1. The summed E-state index contributed by atoms with van der Waals surface area (Å²) in [6.45, 7) is 3.66. The smallest absolute Gasteiger partial charge is 0.429 e. The summed E-state index contributed by atoms with van der Waals surface area (Å²) in [7, 11) is 0. The second-order valence-electron chi connectivity index (χ2n) is 10.7.